The van der Waals surface area contributed by atoms with Gasteiger partial charge in [-0.2, -0.15) is 0 Å². The molecule has 0 saturated carbocycles. The average Bonchev–Trinajstić information content (AvgIpc) is 2.46. The molecular weight excluding hydrogens is 224 g/mol. The molecule has 18 heavy (non-hydrogen) atoms. The number of nitrogens with zero attached hydrogens (tertiary/aromatic N) is 1. The topological polar surface area (TPSA) is 24.5 Å². The lowest BCUT2D eigenvalue weighted by Gasteiger charge is -2.36. The highest BCUT2D eigenvalue weighted by atomic mass is 16.5. The van der Waals surface area contributed by atoms with E-state index in [1.54, 1.807) is 0 Å². The highest BCUT2D eigenvalue weighted by molar-refractivity contribution is 5.16. The van der Waals surface area contributed by atoms with Crippen LogP contribution in [0.4, 0.5) is 0 Å². The van der Waals surface area contributed by atoms with Crippen LogP contribution in [0.3, 0.4) is 0 Å². The second kappa shape index (κ2) is 6.88. The molecule has 0 bridgehead atoms. The van der Waals surface area contributed by atoms with E-state index in [4.69, 9.17) is 4.74 Å². The first kappa shape index (κ1) is 13.5. The Labute approximate surface area is 110 Å². The van der Waals surface area contributed by atoms with Crippen LogP contribution in [-0.2, 0) is 11.2 Å². The van der Waals surface area contributed by atoms with Crippen molar-refractivity contribution in [2.45, 2.75) is 25.5 Å². The number of rotatable bonds is 5. The predicted molar refractivity (Wildman–Crippen MR) is 74.8 cm³/mol. The summed E-state index contributed by atoms with van der Waals surface area (Å²) in [6.07, 6.45) is 1.32. The standard InChI is InChI=1S/C15H24N2O/c1-3-17-9-10-18-15(12-17)14(16-2)11-13-7-5-4-6-8-13/h4-8,14-16H,3,9-12H2,1-2H3. The first-order valence-electron chi connectivity index (χ1n) is 6.88. The van der Waals surface area contributed by atoms with Gasteiger partial charge < -0.3 is 10.1 Å². The van der Waals surface area contributed by atoms with Gasteiger partial charge in [0.1, 0.15) is 0 Å². The Morgan fingerprint density at radius 2 is 2.17 bits per heavy atom. The van der Waals surface area contributed by atoms with Gasteiger partial charge in [-0.25, -0.2) is 0 Å². The second-order valence-electron chi connectivity index (χ2n) is 4.89. The quantitative estimate of drug-likeness (QED) is 0.855. The van der Waals surface area contributed by atoms with Crippen LogP contribution in [-0.4, -0.2) is 50.3 Å². The van der Waals surface area contributed by atoms with Gasteiger partial charge in [-0.3, -0.25) is 4.90 Å². The van der Waals surface area contributed by atoms with E-state index in [9.17, 15) is 0 Å². The van der Waals surface area contributed by atoms with Crippen molar-refractivity contribution in [1.82, 2.24) is 10.2 Å². The highest BCUT2D eigenvalue weighted by Crippen LogP contribution is 2.13. The Morgan fingerprint density at radius 1 is 1.39 bits per heavy atom. The maximum atomic E-state index is 5.93. The summed E-state index contributed by atoms with van der Waals surface area (Å²) in [7, 11) is 2.03. The molecule has 1 aliphatic rings. The lowest BCUT2D eigenvalue weighted by Crippen LogP contribution is -2.52. The fourth-order valence-corrected chi connectivity index (χ4v) is 2.55. The molecule has 3 nitrogen and oxygen atoms in total. The van der Waals surface area contributed by atoms with Gasteiger partial charge in [0.05, 0.1) is 12.7 Å². The molecule has 2 rings (SSSR count). The van der Waals surface area contributed by atoms with Crippen molar-refractivity contribution < 1.29 is 4.74 Å². The average molecular weight is 248 g/mol. The van der Waals surface area contributed by atoms with Crippen LogP contribution >= 0.6 is 0 Å². The van der Waals surface area contributed by atoms with Crippen LogP contribution in [0.25, 0.3) is 0 Å². The number of likely N-dealkylation sites (N-methyl/N-ethyl adjacent to an activating group) is 2. The zero-order valence-electron chi connectivity index (χ0n) is 11.4. The smallest absolute Gasteiger partial charge is 0.0858 e. The molecule has 1 saturated heterocycles. The zero-order valence-corrected chi connectivity index (χ0v) is 11.4. The number of morpholine rings is 1. The van der Waals surface area contributed by atoms with E-state index in [1.165, 1.54) is 5.56 Å². The molecule has 0 amide bonds. The van der Waals surface area contributed by atoms with Crippen molar-refractivity contribution >= 4 is 0 Å². The summed E-state index contributed by atoms with van der Waals surface area (Å²) in [4.78, 5) is 2.46. The highest BCUT2D eigenvalue weighted by Gasteiger charge is 2.26. The van der Waals surface area contributed by atoms with Gasteiger partial charge in [0.2, 0.25) is 0 Å². The van der Waals surface area contributed by atoms with Gasteiger partial charge in [-0.1, -0.05) is 37.3 Å². The summed E-state index contributed by atoms with van der Waals surface area (Å²) in [5.74, 6) is 0. The fourth-order valence-electron chi connectivity index (χ4n) is 2.55. The van der Waals surface area contributed by atoms with Crippen molar-refractivity contribution in [3.8, 4) is 0 Å². The van der Waals surface area contributed by atoms with Gasteiger partial charge in [0, 0.05) is 19.1 Å². The molecule has 1 aliphatic heterocycles. The molecule has 0 aromatic heterocycles. The molecule has 100 valence electrons. The van der Waals surface area contributed by atoms with E-state index in [2.05, 4.69) is 47.5 Å². The third-order valence-electron chi connectivity index (χ3n) is 3.74. The van der Waals surface area contributed by atoms with Crippen molar-refractivity contribution in [2.24, 2.45) is 0 Å². The van der Waals surface area contributed by atoms with Gasteiger partial charge in [-0.15, -0.1) is 0 Å². The Bertz CT molecular complexity index is 342. The monoisotopic (exact) mass is 248 g/mol. The number of benzene rings is 1. The van der Waals surface area contributed by atoms with E-state index >= 15 is 0 Å². The zero-order chi connectivity index (χ0) is 12.8. The SMILES string of the molecule is CCN1CCOC(C(Cc2ccccc2)NC)C1. The van der Waals surface area contributed by atoms with E-state index in [1.807, 2.05) is 7.05 Å². The maximum Gasteiger partial charge on any atom is 0.0858 e. The molecule has 3 heteroatoms. The molecule has 1 aromatic carbocycles. The minimum absolute atomic E-state index is 0.295. The van der Waals surface area contributed by atoms with Gasteiger partial charge in [0.25, 0.3) is 0 Å². The minimum Gasteiger partial charge on any atom is -0.374 e. The number of nitrogens with one attached hydrogen (secondary N) is 1. The van der Waals surface area contributed by atoms with Gasteiger partial charge in [0.15, 0.2) is 0 Å². The lowest BCUT2D eigenvalue weighted by molar-refractivity contribution is -0.0436. The molecule has 1 fully saturated rings. The number of hydrogen-bond acceptors (Lipinski definition) is 3. The van der Waals surface area contributed by atoms with E-state index < -0.39 is 0 Å². The van der Waals surface area contributed by atoms with Crippen LogP contribution in [0, 0.1) is 0 Å². The lowest BCUT2D eigenvalue weighted by atomic mass is 10.00. The summed E-state index contributed by atoms with van der Waals surface area (Å²) in [6.45, 7) is 6.28. The minimum atomic E-state index is 0.295. The van der Waals surface area contributed by atoms with Crippen molar-refractivity contribution in [3.63, 3.8) is 0 Å². The van der Waals surface area contributed by atoms with E-state index in [0.29, 0.717) is 12.1 Å². The van der Waals surface area contributed by atoms with Gasteiger partial charge >= 0.3 is 0 Å². The van der Waals surface area contributed by atoms with Gasteiger partial charge in [-0.05, 0) is 25.6 Å². The van der Waals surface area contributed by atoms with Crippen LogP contribution in [0.5, 0.6) is 0 Å². The first-order valence-corrected chi connectivity index (χ1v) is 6.88. The van der Waals surface area contributed by atoms with Crippen LogP contribution < -0.4 is 5.32 Å². The second-order valence-corrected chi connectivity index (χ2v) is 4.89. The Morgan fingerprint density at radius 3 is 2.83 bits per heavy atom. The molecule has 0 radical (unpaired) electrons. The largest absolute Gasteiger partial charge is 0.374 e. The summed E-state index contributed by atoms with van der Waals surface area (Å²) in [5.41, 5.74) is 1.37. The maximum absolute atomic E-state index is 5.93. The third-order valence-corrected chi connectivity index (χ3v) is 3.74. The van der Waals surface area contributed by atoms with Crippen molar-refractivity contribution in [3.05, 3.63) is 35.9 Å². The Kier molecular flexibility index (Phi) is 5.17. The summed E-state index contributed by atoms with van der Waals surface area (Å²) in [6, 6.07) is 11.0. The molecule has 1 aromatic rings. The summed E-state index contributed by atoms with van der Waals surface area (Å²) < 4.78 is 5.93. The molecule has 1 heterocycles. The fraction of sp³-hybridized carbons (Fsp3) is 0.600. The van der Waals surface area contributed by atoms with Crippen molar-refractivity contribution in [1.29, 1.82) is 0 Å². The molecule has 2 unspecified atom stereocenters. The third kappa shape index (κ3) is 3.55. The van der Waals surface area contributed by atoms with E-state index in [-0.39, 0.29) is 0 Å². The Hall–Kier alpha value is -0.900. The molecule has 2 atom stereocenters. The predicted octanol–water partition coefficient (Wildman–Crippen LogP) is 1.54. The Balaban J connectivity index is 1.95. The molecular formula is C15H24N2O. The van der Waals surface area contributed by atoms with Crippen LogP contribution in [0.15, 0.2) is 30.3 Å². The molecule has 0 aliphatic carbocycles. The van der Waals surface area contributed by atoms with Crippen molar-refractivity contribution in [2.75, 3.05) is 33.3 Å². The first-order chi connectivity index (χ1) is 8.83. The van der Waals surface area contributed by atoms with E-state index in [0.717, 1.165) is 32.7 Å². The number of ether oxygens (including phenoxy) is 1. The van der Waals surface area contributed by atoms with Crippen LogP contribution in [0.2, 0.25) is 0 Å². The molecule has 0 spiro atoms. The summed E-state index contributed by atoms with van der Waals surface area (Å²) in [5, 5.41) is 3.41. The van der Waals surface area contributed by atoms with Crippen LogP contribution in [0.1, 0.15) is 12.5 Å². The number of hydrogen-bond donors (Lipinski definition) is 1. The normalized spacial score (nSPS) is 22.9. The molecule has 1 N–H and O–H groups in total. The summed E-state index contributed by atoms with van der Waals surface area (Å²) >= 11 is 0.